The largest absolute Gasteiger partial charge is 0.322 e. The van der Waals surface area contributed by atoms with Crippen LogP contribution in [0.1, 0.15) is 21.9 Å². The van der Waals surface area contributed by atoms with Crippen LogP contribution in [0, 0.1) is 24.0 Å². The number of hydrogen-bond donors (Lipinski definition) is 1. The average Bonchev–Trinajstić information content (AvgIpc) is 2.82. The molecule has 0 aliphatic rings. The molecule has 20 heavy (non-hydrogen) atoms. The third-order valence-electron chi connectivity index (χ3n) is 3.07. The van der Waals surface area contributed by atoms with Crippen molar-refractivity contribution in [2.24, 2.45) is 14.1 Å². The third-order valence-corrected chi connectivity index (χ3v) is 3.07. The number of carbonyl (C=O) groups excluding carboxylic acids is 1. The van der Waals surface area contributed by atoms with Gasteiger partial charge in [0.25, 0.3) is 5.91 Å². The van der Waals surface area contributed by atoms with Gasteiger partial charge in [0, 0.05) is 14.1 Å². The van der Waals surface area contributed by atoms with Crippen LogP contribution in [0.3, 0.4) is 0 Å². The van der Waals surface area contributed by atoms with Crippen LogP contribution in [0.25, 0.3) is 0 Å². The van der Waals surface area contributed by atoms with Gasteiger partial charge in [0.1, 0.15) is 5.69 Å². The lowest BCUT2D eigenvalue weighted by atomic mass is 10.2. The van der Waals surface area contributed by atoms with E-state index in [4.69, 9.17) is 0 Å². The minimum atomic E-state index is -0.604. The number of nitro groups is 1. The van der Waals surface area contributed by atoms with Crippen molar-refractivity contribution in [3.8, 4) is 0 Å². The van der Waals surface area contributed by atoms with Crippen molar-refractivity contribution in [3.05, 3.63) is 33.4 Å². The fourth-order valence-corrected chi connectivity index (χ4v) is 1.92. The van der Waals surface area contributed by atoms with Gasteiger partial charge in [-0.1, -0.05) is 0 Å². The first-order valence-electron chi connectivity index (χ1n) is 5.81. The summed E-state index contributed by atoms with van der Waals surface area (Å²) in [6.45, 7) is 3.27. The lowest BCUT2D eigenvalue weighted by molar-refractivity contribution is -0.385. The molecule has 0 atom stereocenters. The second-order valence-corrected chi connectivity index (χ2v) is 4.38. The van der Waals surface area contributed by atoms with Gasteiger partial charge in [0.15, 0.2) is 0 Å². The van der Waals surface area contributed by atoms with Crippen LogP contribution in [-0.2, 0) is 14.1 Å². The van der Waals surface area contributed by atoms with E-state index in [2.05, 4.69) is 15.5 Å². The summed E-state index contributed by atoms with van der Waals surface area (Å²) in [5.74, 6) is -0.587. The van der Waals surface area contributed by atoms with E-state index in [1.165, 1.54) is 24.9 Å². The van der Waals surface area contributed by atoms with Crippen molar-refractivity contribution in [2.75, 3.05) is 5.32 Å². The zero-order valence-electron chi connectivity index (χ0n) is 11.5. The van der Waals surface area contributed by atoms with Gasteiger partial charge in [-0.25, -0.2) is 0 Å². The summed E-state index contributed by atoms with van der Waals surface area (Å²) in [5.41, 5.74) is 1.08. The molecule has 0 unspecified atom stereocenters. The molecule has 2 heterocycles. The Kier molecular flexibility index (Phi) is 3.26. The standard InChI is InChI=1S/C11H14N6O3/c1-6-9(17(19)20)10(16(4)14-6)11(18)13-8-5-12-15(3)7(8)2/h5H,1-4H3,(H,13,18). The van der Waals surface area contributed by atoms with Gasteiger partial charge in [0.2, 0.25) is 5.69 Å². The third kappa shape index (κ3) is 2.13. The normalized spacial score (nSPS) is 10.6. The maximum atomic E-state index is 12.2. The molecule has 9 heteroatoms. The molecule has 0 aliphatic heterocycles. The highest BCUT2D eigenvalue weighted by Crippen LogP contribution is 2.23. The van der Waals surface area contributed by atoms with Gasteiger partial charge in [-0.15, -0.1) is 0 Å². The quantitative estimate of drug-likeness (QED) is 0.663. The van der Waals surface area contributed by atoms with E-state index >= 15 is 0 Å². The van der Waals surface area contributed by atoms with Crippen LogP contribution in [0.5, 0.6) is 0 Å². The minimum Gasteiger partial charge on any atom is -0.317 e. The van der Waals surface area contributed by atoms with Crippen molar-refractivity contribution in [3.63, 3.8) is 0 Å². The molecule has 9 nitrogen and oxygen atoms in total. The molecule has 0 radical (unpaired) electrons. The number of carbonyl (C=O) groups is 1. The van der Waals surface area contributed by atoms with Crippen LogP contribution in [0.15, 0.2) is 6.20 Å². The second-order valence-electron chi connectivity index (χ2n) is 4.38. The Hall–Kier alpha value is -2.71. The lowest BCUT2D eigenvalue weighted by Crippen LogP contribution is -2.18. The molecule has 0 bridgehead atoms. The fourth-order valence-electron chi connectivity index (χ4n) is 1.92. The van der Waals surface area contributed by atoms with E-state index < -0.39 is 10.8 Å². The van der Waals surface area contributed by atoms with Crippen molar-refractivity contribution >= 4 is 17.3 Å². The molecular formula is C11H14N6O3. The Morgan fingerprint density at radius 3 is 2.50 bits per heavy atom. The fraction of sp³-hybridized carbons (Fsp3) is 0.364. The highest BCUT2D eigenvalue weighted by Gasteiger charge is 2.29. The minimum absolute atomic E-state index is 0.0873. The van der Waals surface area contributed by atoms with Crippen molar-refractivity contribution < 1.29 is 9.72 Å². The predicted molar refractivity (Wildman–Crippen MR) is 70.5 cm³/mol. The predicted octanol–water partition coefficient (Wildman–Crippen LogP) is 0.931. The van der Waals surface area contributed by atoms with Crippen LogP contribution in [-0.4, -0.2) is 30.4 Å². The number of aryl methyl sites for hydroxylation is 3. The number of aromatic nitrogens is 4. The lowest BCUT2D eigenvalue weighted by Gasteiger charge is -2.04. The molecule has 106 valence electrons. The average molecular weight is 278 g/mol. The number of nitrogens with zero attached hydrogens (tertiary/aromatic N) is 5. The van der Waals surface area contributed by atoms with Crippen molar-refractivity contribution in [2.45, 2.75) is 13.8 Å². The number of amides is 1. The first kappa shape index (κ1) is 13.7. The number of nitrogens with one attached hydrogen (secondary N) is 1. The molecule has 2 rings (SSSR count). The maximum Gasteiger partial charge on any atom is 0.322 e. The second kappa shape index (κ2) is 4.76. The van der Waals surface area contributed by atoms with E-state index in [0.717, 1.165) is 5.69 Å². The van der Waals surface area contributed by atoms with Crippen LogP contribution < -0.4 is 5.32 Å². The Morgan fingerprint density at radius 1 is 1.35 bits per heavy atom. The van der Waals surface area contributed by atoms with Gasteiger partial charge in [0.05, 0.1) is 22.5 Å². The Morgan fingerprint density at radius 2 is 2.00 bits per heavy atom. The molecule has 1 amide bonds. The first-order valence-corrected chi connectivity index (χ1v) is 5.81. The summed E-state index contributed by atoms with van der Waals surface area (Å²) in [5, 5.41) is 21.6. The van der Waals surface area contributed by atoms with E-state index in [1.807, 2.05) is 0 Å². The van der Waals surface area contributed by atoms with Crippen molar-refractivity contribution in [1.29, 1.82) is 0 Å². The van der Waals surface area contributed by atoms with Crippen molar-refractivity contribution in [1.82, 2.24) is 19.6 Å². The highest BCUT2D eigenvalue weighted by molar-refractivity contribution is 6.06. The monoisotopic (exact) mass is 278 g/mol. The molecule has 2 aromatic heterocycles. The molecule has 0 saturated heterocycles. The summed E-state index contributed by atoms with van der Waals surface area (Å²) in [7, 11) is 3.23. The zero-order valence-corrected chi connectivity index (χ0v) is 11.5. The van der Waals surface area contributed by atoms with E-state index in [9.17, 15) is 14.9 Å². The highest BCUT2D eigenvalue weighted by atomic mass is 16.6. The zero-order chi connectivity index (χ0) is 15.0. The van der Waals surface area contributed by atoms with Gasteiger partial charge >= 0.3 is 5.69 Å². The van der Waals surface area contributed by atoms with E-state index in [1.54, 1.807) is 18.7 Å². The SMILES string of the molecule is Cc1nn(C)c(C(=O)Nc2cnn(C)c2C)c1[N+](=O)[O-]. The molecule has 0 spiro atoms. The maximum absolute atomic E-state index is 12.2. The van der Waals surface area contributed by atoms with E-state index in [-0.39, 0.29) is 17.1 Å². The van der Waals surface area contributed by atoms with Crippen LogP contribution in [0.2, 0.25) is 0 Å². The number of rotatable bonds is 3. The van der Waals surface area contributed by atoms with Crippen LogP contribution in [0.4, 0.5) is 11.4 Å². The summed E-state index contributed by atoms with van der Waals surface area (Å²) in [6, 6.07) is 0. The molecule has 1 N–H and O–H groups in total. The van der Waals surface area contributed by atoms with Gasteiger partial charge in [-0.2, -0.15) is 10.2 Å². The number of hydrogen-bond acceptors (Lipinski definition) is 5. The number of anilines is 1. The molecule has 0 saturated carbocycles. The smallest absolute Gasteiger partial charge is 0.317 e. The Labute approximate surface area is 114 Å². The van der Waals surface area contributed by atoms with E-state index in [0.29, 0.717) is 5.69 Å². The molecule has 2 aromatic rings. The summed E-state index contributed by atoms with van der Waals surface area (Å²) < 4.78 is 2.80. The summed E-state index contributed by atoms with van der Waals surface area (Å²) in [4.78, 5) is 22.7. The van der Waals surface area contributed by atoms with Gasteiger partial charge in [-0.3, -0.25) is 24.3 Å². The summed E-state index contributed by atoms with van der Waals surface area (Å²) in [6.07, 6.45) is 1.49. The Balaban J connectivity index is 2.40. The molecule has 0 fully saturated rings. The molecule has 0 aliphatic carbocycles. The van der Waals surface area contributed by atoms with Gasteiger partial charge < -0.3 is 5.32 Å². The summed E-state index contributed by atoms with van der Waals surface area (Å²) >= 11 is 0. The Bertz CT molecular complexity index is 699. The first-order chi connectivity index (χ1) is 9.32. The molecule has 0 aromatic carbocycles. The topological polar surface area (TPSA) is 108 Å². The van der Waals surface area contributed by atoms with Crippen LogP contribution >= 0.6 is 0 Å². The van der Waals surface area contributed by atoms with Gasteiger partial charge in [-0.05, 0) is 13.8 Å². The molecular weight excluding hydrogens is 264 g/mol.